The average molecular weight is 327 g/mol. The molecule has 4 rings (SSSR count). The molecule has 1 amide bonds. The molecule has 0 saturated carbocycles. The van der Waals surface area contributed by atoms with Crippen molar-refractivity contribution in [2.45, 2.75) is 0 Å². The third kappa shape index (κ3) is 2.49. The number of furan rings is 1. The number of hydrogen-bond donors (Lipinski definition) is 3. The van der Waals surface area contributed by atoms with Gasteiger partial charge in [-0.05, 0) is 30.3 Å². The van der Waals surface area contributed by atoms with Gasteiger partial charge in [0.15, 0.2) is 11.6 Å². The Labute approximate surface area is 136 Å². The second kappa shape index (κ2) is 5.33. The number of aromatic nitrogens is 2. The number of carbonyl (C=O) groups excluding carboxylic acids is 1. The molecule has 0 atom stereocenters. The minimum Gasteiger partial charge on any atom is -0.463 e. The van der Waals surface area contributed by atoms with E-state index in [0.717, 1.165) is 16.9 Å². The molecule has 0 aliphatic carbocycles. The van der Waals surface area contributed by atoms with E-state index >= 15 is 0 Å². The minimum absolute atomic E-state index is 0.184. The molecule has 0 spiro atoms. The van der Waals surface area contributed by atoms with Gasteiger partial charge in [-0.2, -0.15) is 5.10 Å². The molecule has 1 aliphatic heterocycles. The van der Waals surface area contributed by atoms with Crippen LogP contribution in [0.4, 0.5) is 11.5 Å². The Morgan fingerprint density at radius 2 is 2.17 bits per heavy atom. The zero-order chi connectivity index (χ0) is 15.8. The van der Waals surface area contributed by atoms with Gasteiger partial charge >= 0.3 is 0 Å². The fourth-order valence-electron chi connectivity index (χ4n) is 2.40. The Balaban J connectivity index is 1.60. The normalized spacial score (nSPS) is 14.8. The maximum atomic E-state index is 12.1. The predicted octanol–water partition coefficient (Wildman–Crippen LogP) is 3.73. The molecule has 7 heteroatoms. The number of nitrogens with zero attached hydrogens (tertiary/aromatic N) is 1. The highest BCUT2D eigenvalue weighted by molar-refractivity contribution is 6.34. The Morgan fingerprint density at radius 3 is 3.00 bits per heavy atom. The third-order valence-electron chi connectivity index (χ3n) is 3.49. The first kappa shape index (κ1) is 13.7. The average Bonchev–Trinajstić information content (AvgIpc) is 3.24. The number of aromatic amines is 1. The van der Waals surface area contributed by atoms with Crippen LogP contribution in [0.3, 0.4) is 0 Å². The van der Waals surface area contributed by atoms with Crippen molar-refractivity contribution in [3.63, 3.8) is 0 Å². The summed E-state index contributed by atoms with van der Waals surface area (Å²) in [5.74, 6) is 1.08. The number of rotatable bonds is 3. The first-order valence-electron chi connectivity index (χ1n) is 6.88. The van der Waals surface area contributed by atoms with E-state index in [1.165, 1.54) is 0 Å². The number of hydrogen-bond acceptors (Lipinski definition) is 4. The number of benzene rings is 1. The van der Waals surface area contributed by atoms with Crippen LogP contribution in [0.5, 0.6) is 0 Å². The van der Waals surface area contributed by atoms with E-state index in [2.05, 4.69) is 20.8 Å². The van der Waals surface area contributed by atoms with Crippen molar-refractivity contribution in [2.75, 3.05) is 10.6 Å². The minimum atomic E-state index is -0.184. The lowest BCUT2D eigenvalue weighted by Gasteiger charge is -1.99. The summed E-state index contributed by atoms with van der Waals surface area (Å²) in [7, 11) is 0. The molecule has 2 aromatic heterocycles. The molecule has 0 unspecified atom stereocenters. The van der Waals surface area contributed by atoms with Gasteiger partial charge in [-0.15, -0.1) is 0 Å². The highest BCUT2D eigenvalue weighted by atomic mass is 35.5. The molecule has 114 valence electrons. The van der Waals surface area contributed by atoms with Crippen molar-refractivity contribution in [3.8, 4) is 11.5 Å². The first-order valence-corrected chi connectivity index (χ1v) is 7.26. The van der Waals surface area contributed by atoms with Gasteiger partial charge in [0.25, 0.3) is 5.91 Å². The Hall–Kier alpha value is -2.99. The van der Waals surface area contributed by atoms with Gasteiger partial charge in [0.05, 0.1) is 11.8 Å². The molecule has 0 fully saturated rings. The summed E-state index contributed by atoms with van der Waals surface area (Å²) in [6, 6.07) is 10.7. The molecular weight excluding hydrogens is 316 g/mol. The SMILES string of the molecule is O=C1Nc2ccc(Cl)cc2C1=CNc1cc(-c2ccco2)[nH]n1. The fourth-order valence-corrected chi connectivity index (χ4v) is 2.58. The number of amides is 1. The largest absolute Gasteiger partial charge is 0.463 e. The Morgan fingerprint density at radius 1 is 1.26 bits per heavy atom. The number of fused-ring (bicyclic) bond motifs is 1. The molecule has 1 aromatic carbocycles. The lowest BCUT2D eigenvalue weighted by molar-refractivity contribution is -0.110. The summed E-state index contributed by atoms with van der Waals surface area (Å²) in [5.41, 5.74) is 2.75. The fraction of sp³-hybridized carbons (Fsp3) is 0. The van der Waals surface area contributed by atoms with Crippen LogP contribution in [0, 0.1) is 0 Å². The molecule has 23 heavy (non-hydrogen) atoms. The Bertz CT molecular complexity index is 912. The summed E-state index contributed by atoms with van der Waals surface area (Å²) in [6.45, 7) is 0. The first-order chi connectivity index (χ1) is 11.2. The Kier molecular flexibility index (Phi) is 3.17. The number of H-pyrrole nitrogens is 1. The van der Waals surface area contributed by atoms with Gasteiger partial charge in [0.2, 0.25) is 0 Å². The van der Waals surface area contributed by atoms with E-state index in [0.29, 0.717) is 22.2 Å². The summed E-state index contributed by atoms with van der Waals surface area (Å²) >= 11 is 6.00. The van der Waals surface area contributed by atoms with Gasteiger partial charge in [-0.25, -0.2) is 0 Å². The lowest BCUT2D eigenvalue weighted by atomic mass is 10.1. The second-order valence-corrected chi connectivity index (χ2v) is 5.43. The number of nitrogens with one attached hydrogen (secondary N) is 3. The van der Waals surface area contributed by atoms with Crippen LogP contribution in [0.1, 0.15) is 5.56 Å². The second-order valence-electron chi connectivity index (χ2n) is 4.99. The van der Waals surface area contributed by atoms with E-state index in [-0.39, 0.29) is 5.91 Å². The molecule has 3 N–H and O–H groups in total. The van der Waals surface area contributed by atoms with Crippen LogP contribution in [0.2, 0.25) is 5.02 Å². The predicted molar refractivity (Wildman–Crippen MR) is 88.0 cm³/mol. The maximum absolute atomic E-state index is 12.1. The molecule has 6 nitrogen and oxygen atoms in total. The summed E-state index contributed by atoms with van der Waals surface area (Å²) in [4.78, 5) is 12.1. The molecule has 1 aliphatic rings. The van der Waals surface area contributed by atoms with Gasteiger partial charge in [0.1, 0.15) is 5.69 Å². The zero-order valence-electron chi connectivity index (χ0n) is 11.8. The highest BCUT2D eigenvalue weighted by Crippen LogP contribution is 2.33. The summed E-state index contributed by atoms with van der Waals surface area (Å²) < 4.78 is 5.29. The summed E-state index contributed by atoms with van der Waals surface area (Å²) in [5, 5.41) is 13.4. The summed E-state index contributed by atoms with van der Waals surface area (Å²) in [6.07, 6.45) is 3.20. The highest BCUT2D eigenvalue weighted by Gasteiger charge is 2.24. The van der Waals surface area contributed by atoms with Crippen molar-refractivity contribution in [1.82, 2.24) is 10.2 Å². The molecule has 0 bridgehead atoms. The zero-order valence-corrected chi connectivity index (χ0v) is 12.5. The number of anilines is 2. The van der Waals surface area contributed by atoms with Gasteiger partial charge in [0, 0.05) is 28.5 Å². The molecule has 0 saturated heterocycles. The monoisotopic (exact) mass is 326 g/mol. The molecule has 0 radical (unpaired) electrons. The maximum Gasteiger partial charge on any atom is 0.257 e. The number of halogens is 1. The van der Waals surface area contributed by atoms with Crippen molar-refractivity contribution in [3.05, 3.63) is 59.4 Å². The smallest absolute Gasteiger partial charge is 0.257 e. The van der Waals surface area contributed by atoms with E-state index in [1.807, 2.05) is 6.07 Å². The van der Waals surface area contributed by atoms with E-state index in [9.17, 15) is 4.79 Å². The molecule has 3 heterocycles. The van der Waals surface area contributed by atoms with E-state index in [1.54, 1.807) is 42.8 Å². The van der Waals surface area contributed by atoms with Gasteiger partial charge in [-0.1, -0.05) is 11.6 Å². The van der Waals surface area contributed by atoms with E-state index in [4.69, 9.17) is 16.0 Å². The van der Waals surface area contributed by atoms with Crippen molar-refractivity contribution < 1.29 is 9.21 Å². The third-order valence-corrected chi connectivity index (χ3v) is 3.73. The van der Waals surface area contributed by atoms with Crippen LogP contribution in [-0.2, 0) is 4.79 Å². The van der Waals surface area contributed by atoms with Crippen LogP contribution >= 0.6 is 11.6 Å². The van der Waals surface area contributed by atoms with Crippen molar-refractivity contribution >= 4 is 34.6 Å². The van der Waals surface area contributed by atoms with Gasteiger partial charge < -0.3 is 15.1 Å². The number of carbonyl (C=O) groups is 1. The molecular formula is C16H11ClN4O2. The standard InChI is InChI=1S/C16H11ClN4O2/c17-9-3-4-12-10(6-9)11(16(22)19-12)8-18-15-7-13(20-21-15)14-2-1-5-23-14/h1-8H,(H,19,22)(H2,18,20,21). The van der Waals surface area contributed by atoms with E-state index < -0.39 is 0 Å². The van der Waals surface area contributed by atoms with Crippen LogP contribution in [-0.4, -0.2) is 16.1 Å². The van der Waals surface area contributed by atoms with Crippen molar-refractivity contribution in [1.29, 1.82) is 0 Å². The topological polar surface area (TPSA) is 83.0 Å². The van der Waals surface area contributed by atoms with Crippen LogP contribution in [0.15, 0.2) is 53.3 Å². The molecule has 3 aromatic rings. The van der Waals surface area contributed by atoms with Crippen LogP contribution < -0.4 is 10.6 Å². The lowest BCUT2D eigenvalue weighted by Crippen LogP contribution is -2.05. The van der Waals surface area contributed by atoms with Gasteiger partial charge in [-0.3, -0.25) is 9.89 Å². The van der Waals surface area contributed by atoms with Crippen LogP contribution in [0.25, 0.3) is 17.0 Å². The quantitative estimate of drug-likeness (QED) is 0.640. The van der Waals surface area contributed by atoms with Crippen molar-refractivity contribution in [2.24, 2.45) is 0 Å².